The van der Waals surface area contributed by atoms with Crippen molar-refractivity contribution in [2.45, 2.75) is 229 Å². The van der Waals surface area contributed by atoms with Gasteiger partial charge in [-0.2, -0.15) is 0 Å². The van der Waals surface area contributed by atoms with Crippen LogP contribution in [0.1, 0.15) is 53.4 Å². The van der Waals surface area contributed by atoms with Gasteiger partial charge in [-0.3, -0.25) is 19.2 Å². The number of aliphatic hydroxyl groups excluding tert-OH is 17. The lowest BCUT2D eigenvalue weighted by molar-refractivity contribution is -0.363. The molecule has 0 radical (unpaired) electrons. The number of ether oxygens (including phenoxy) is 9. The fourth-order valence-corrected chi connectivity index (χ4v) is 11.3. The number of carboxylic acids is 4. The zero-order valence-electron chi connectivity index (χ0n) is 49.1. The molecule has 5 heterocycles. The molecule has 42 heteroatoms. The van der Waals surface area contributed by atoms with Gasteiger partial charge in [-0.25, -0.2) is 19.2 Å². The number of carbonyl (C=O) groups excluding carboxylic acids is 4. The number of amides is 4. The summed E-state index contributed by atoms with van der Waals surface area (Å²) in [6.45, 7) is -3.74. The molecule has 5 aliphatic heterocycles. The van der Waals surface area contributed by atoms with Crippen molar-refractivity contribution in [1.29, 1.82) is 0 Å². The molecule has 5 fully saturated rings. The highest BCUT2D eigenvalue weighted by molar-refractivity contribution is 5.79. The molecule has 0 aromatic rings. The molecule has 0 aliphatic carbocycles. The molecular weight excluding hydrogens is 1260 g/mol. The van der Waals surface area contributed by atoms with Crippen LogP contribution in [-0.2, 0) is 81.0 Å². The molecule has 0 spiro atoms. The van der Waals surface area contributed by atoms with Gasteiger partial charge in [0.1, 0.15) is 97.7 Å². The van der Waals surface area contributed by atoms with Crippen LogP contribution in [0.5, 0.6) is 0 Å². The Morgan fingerprint density at radius 1 is 0.413 bits per heavy atom. The van der Waals surface area contributed by atoms with Crippen LogP contribution in [0.25, 0.3) is 0 Å². The molecule has 0 aromatic heterocycles. The summed E-state index contributed by atoms with van der Waals surface area (Å²) in [6, 6.07) is -7.91. The van der Waals surface area contributed by atoms with Crippen LogP contribution in [0.4, 0.5) is 0 Å². The lowest BCUT2D eigenvalue weighted by Gasteiger charge is -2.51. The minimum absolute atomic E-state index is 0.819. The predicted octanol–water partition coefficient (Wildman–Crippen LogP) is -14.5. The highest BCUT2D eigenvalue weighted by Crippen LogP contribution is 2.42. The summed E-state index contributed by atoms with van der Waals surface area (Å²) in [6.07, 6.45) is -54.9. The van der Waals surface area contributed by atoms with Crippen LogP contribution in [0, 0.1) is 0 Å². The number of nitrogens with one attached hydrogen (secondary N) is 4. The third-order valence-corrected chi connectivity index (χ3v) is 15.9. The molecule has 25 N–H and O–H groups in total. The van der Waals surface area contributed by atoms with E-state index < -0.39 is 282 Å². The number of aliphatic hydroxyl groups is 17. The van der Waals surface area contributed by atoms with E-state index in [1.807, 2.05) is 0 Å². The zero-order valence-corrected chi connectivity index (χ0v) is 49.1. The second kappa shape index (κ2) is 31.5. The smallest absolute Gasteiger partial charge is 0.364 e. The fourth-order valence-electron chi connectivity index (χ4n) is 11.3. The maximum absolute atomic E-state index is 13.5. The number of hydrogen-bond acceptors (Lipinski definition) is 34. The van der Waals surface area contributed by atoms with Crippen molar-refractivity contribution in [3.05, 3.63) is 0 Å². The molecule has 92 heavy (non-hydrogen) atoms. The van der Waals surface area contributed by atoms with Gasteiger partial charge in [0.25, 0.3) is 23.1 Å². The summed E-state index contributed by atoms with van der Waals surface area (Å²) in [5.41, 5.74) is 0. The van der Waals surface area contributed by atoms with E-state index in [9.17, 15) is 146 Å². The van der Waals surface area contributed by atoms with Crippen LogP contribution in [0.3, 0.4) is 0 Å². The second-order valence-electron chi connectivity index (χ2n) is 22.6. The number of aliphatic carboxylic acids is 4. The van der Waals surface area contributed by atoms with Crippen LogP contribution < -0.4 is 21.3 Å². The maximum atomic E-state index is 13.5. The molecule has 42 nitrogen and oxygen atoms in total. The second-order valence-corrected chi connectivity index (χ2v) is 22.6. The van der Waals surface area contributed by atoms with E-state index in [0.29, 0.717) is 0 Å². The molecule has 5 rings (SSSR count). The van der Waals surface area contributed by atoms with Gasteiger partial charge >= 0.3 is 23.9 Å². The topological polar surface area (TPSA) is 693 Å². The van der Waals surface area contributed by atoms with E-state index in [-0.39, 0.29) is 0 Å². The fraction of sp³-hybridized carbons (Fsp3) is 0.840. The van der Waals surface area contributed by atoms with Crippen molar-refractivity contribution in [3.63, 3.8) is 0 Å². The zero-order chi connectivity index (χ0) is 69.6. The molecule has 528 valence electrons. The van der Waals surface area contributed by atoms with Gasteiger partial charge in [0.05, 0.1) is 81.6 Å². The summed E-state index contributed by atoms with van der Waals surface area (Å²) in [5, 5.41) is 237. The van der Waals surface area contributed by atoms with E-state index in [0.717, 1.165) is 27.7 Å². The first-order chi connectivity index (χ1) is 42.8. The molecular formula is C50H80N4O38. The summed E-state index contributed by atoms with van der Waals surface area (Å²) >= 11 is 0. The summed E-state index contributed by atoms with van der Waals surface area (Å²) in [4.78, 5) is 103. The Balaban J connectivity index is 1.52. The van der Waals surface area contributed by atoms with Crippen LogP contribution in [0.15, 0.2) is 0 Å². The summed E-state index contributed by atoms with van der Waals surface area (Å²) in [7, 11) is 0. The number of carbonyl (C=O) groups is 8. The van der Waals surface area contributed by atoms with Gasteiger partial charge in [-0.05, 0) is 0 Å². The molecule has 0 bridgehead atoms. The van der Waals surface area contributed by atoms with Crippen LogP contribution in [0.2, 0.25) is 0 Å². The van der Waals surface area contributed by atoms with Gasteiger partial charge in [0.15, 0.2) is 6.29 Å². The highest BCUT2D eigenvalue weighted by atomic mass is 16.8. The lowest BCUT2D eigenvalue weighted by atomic mass is 9.86. The van der Waals surface area contributed by atoms with Crippen molar-refractivity contribution in [3.8, 4) is 0 Å². The number of hydrogen-bond donors (Lipinski definition) is 25. The molecule has 5 aliphatic rings. The van der Waals surface area contributed by atoms with Gasteiger partial charge in [-0.15, -0.1) is 0 Å². The molecule has 0 unspecified atom stereocenters. The highest BCUT2D eigenvalue weighted by Gasteiger charge is 2.64. The van der Waals surface area contributed by atoms with Gasteiger partial charge in [-0.1, -0.05) is 0 Å². The van der Waals surface area contributed by atoms with Crippen molar-refractivity contribution in [1.82, 2.24) is 21.3 Å². The van der Waals surface area contributed by atoms with E-state index in [1.54, 1.807) is 0 Å². The molecule has 0 aromatic carbocycles. The standard InChI is InChI=1S/C50H80N4O38/c1-14(59)51-27-19(64)6-48(44(78)79,90-38(27)31(68)22(67)9-55)86-24(11-57)34(71)40-29(53-16(3)61)21(66)8-50(92-40,46(82)83)88-25(12-58)35(72)41-30(54-17(4)62)20(65)7-49(91-41,45(80)81)87-23(10-56)33(70)39-28(52-15(2)60)18(63)5-47(89-39,43(76)77)84-13-26-32(69)36(73)37(74)42(75)85-26/h18-42,55-58,63-75H,5-13H2,1-4H3,(H,51,59)(H,52,60)(H,53,61)(H,54,62)(H,76,77)(H,78,79)(H,80,81)(H,82,83)/t18-,19-,20-,21-,22+,23+,24+,25+,26+,27+,28+,29+,30+,31+,32+,33+,34+,35+,36-,37+,38+,39+,40+,41+,42+,47+,48+,49+,50+/m0/s1. The first-order valence-corrected chi connectivity index (χ1v) is 28.1. The molecule has 5 saturated heterocycles. The SMILES string of the molecule is CC(=O)N[C@H]1[C@H]([C@H](O)[C@H](O)CO)O[C@@](O[C@H](CO)[C@@H](O)[C@@H]2O[C@@](O[C@H](CO)[C@@H](O)[C@@H]3O[C@@](O[C@H](CO)[C@@H](O)[C@@H]4O[C@@](OC[C@H]5O[C@@H](O)[C@H](O)[C@@H](O)[C@@H]5O)(C(=O)O)C[C@H](O)[C@H]4NC(C)=O)(C(=O)O)C[C@H](O)[C@H]3NC(C)=O)(C(=O)O)C[C@H](O)[C@H]2NC(C)=O)(C(=O)O)C[C@@H]1O. The minimum atomic E-state index is -3.60. The summed E-state index contributed by atoms with van der Waals surface area (Å²) < 4.78 is 50.1. The first-order valence-electron chi connectivity index (χ1n) is 28.1. The van der Waals surface area contributed by atoms with Crippen molar-refractivity contribution < 1.29 is 188 Å². The quantitative estimate of drug-likeness (QED) is 0.0331. The molecule has 0 saturated carbocycles. The van der Waals surface area contributed by atoms with Crippen LogP contribution in [-0.4, -0.2) is 363 Å². The Labute approximate surface area is 518 Å². The van der Waals surface area contributed by atoms with E-state index in [1.165, 1.54) is 0 Å². The Bertz CT molecular complexity index is 2580. The lowest BCUT2D eigenvalue weighted by Crippen LogP contribution is -2.72. The predicted molar refractivity (Wildman–Crippen MR) is 282 cm³/mol. The number of carboxylic acid groups (broad SMARTS) is 4. The van der Waals surface area contributed by atoms with E-state index >= 15 is 0 Å². The molecule has 29 atom stereocenters. The van der Waals surface area contributed by atoms with Gasteiger partial charge in [0.2, 0.25) is 23.6 Å². The first kappa shape index (κ1) is 77.4. The summed E-state index contributed by atoms with van der Waals surface area (Å²) in [5.74, 6) is -26.8. The Morgan fingerprint density at radius 2 is 0.685 bits per heavy atom. The monoisotopic (exact) mass is 1340 g/mol. The van der Waals surface area contributed by atoms with Crippen LogP contribution >= 0.6 is 0 Å². The van der Waals surface area contributed by atoms with Gasteiger partial charge in [0, 0.05) is 53.4 Å². The Morgan fingerprint density at radius 3 is 0.946 bits per heavy atom. The Hall–Kier alpha value is -5.28. The molecule has 4 amide bonds. The Kier molecular flexibility index (Phi) is 26.5. The van der Waals surface area contributed by atoms with Gasteiger partial charge < -0.3 is 171 Å². The van der Waals surface area contributed by atoms with Crippen molar-refractivity contribution in [2.24, 2.45) is 0 Å². The number of rotatable bonds is 29. The van der Waals surface area contributed by atoms with E-state index in [4.69, 9.17) is 42.6 Å². The van der Waals surface area contributed by atoms with Crippen molar-refractivity contribution in [2.75, 3.05) is 33.0 Å². The third kappa shape index (κ3) is 16.9. The normalized spacial score (nSPS) is 39.4. The maximum Gasteiger partial charge on any atom is 0.364 e. The average molecular weight is 1350 g/mol. The largest absolute Gasteiger partial charge is 0.477 e. The minimum Gasteiger partial charge on any atom is -0.477 e. The average Bonchev–Trinajstić information content (AvgIpc) is 0.766. The van der Waals surface area contributed by atoms with Crippen molar-refractivity contribution >= 4 is 47.5 Å². The van der Waals surface area contributed by atoms with E-state index in [2.05, 4.69) is 21.3 Å². The third-order valence-electron chi connectivity index (χ3n) is 15.9.